The average molecular weight is 254 g/mol. The van der Waals surface area contributed by atoms with Crippen molar-refractivity contribution in [3.05, 3.63) is 35.4 Å². The molecule has 0 aliphatic carbocycles. The van der Waals surface area contributed by atoms with Gasteiger partial charge in [0, 0.05) is 25.2 Å². The van der Waals surface area contributed by atoms with Gasteiger partial charge in [-0.15, -0.1) is 0 Å². The maximum atomic E-state index is 13.7. The number of hydrogen-bond donors (Lipinski definition) is 0. The van der Waals surface area contributed by atoms with Crippen LogP contribution >= 0.6 is 0 Å². The Morgan fingerprint density at radius 3 is 2.56 bits per heavy atom. The monoisotopic (exact) mass is 254 g/mol. The van der Waals surface area contributed by atoms with E-state index in [1.54, 1.807) is 11.9 Å². The van der Waals surface area contributed by atoms with Crippen LogP contribution in [0.25, 0.3) is 0 Å². The first kappa shape index (κ1) is 12.8. The molecule has 0 N–H and O–H groups in total. The first-order valence-corrected chi connectivity index (χ1v) is 5.90. The molecule has 1 saturated heterocycles. The number of hydrogen-bond acceptors (Lipinski definition) is 1. The second-order valence-electron chi connectivity index (χ2n) is 4.82. The predicted octanol–water partition coefficient (Wildman–Crippen LogP) is 2.78. The van der Waals surface area contributed by atoms with Gasteiger partial charge in [-0.2, -0.15) is 0 Å². The van der Waals surface area contributed by atoms with Crippen molar-refractivity contribution in [1.82, 2.24) is 9.80 Å². The highest BCUT2D eigenvalue weighted by Crippen LogP contribution is 2.31. The zero-order valence-electron chi connectivity index (χ0n) is 10.7. The van der Waals surface area contributed by atoms with Crippen LogP contribution in [0.1, 0.15) is 25.5 Å². The van der Waals surface area contributed by atoms with Crippen LogP contribution in [0.15, 0.2) is 18.2 Å². The zero-order valence-corrected chi connectivity index (χ0v) is 10.7. The van der Waals surface area contributed by atoms with Gasteiger partial charge in [-0.1, -0.05) is 0 Å². The van der Waals surface area contributed by atoms with E-state index in [9.17, 15) is 13.6 Å². The van der Waals surface area contributed by atoms with Crippen molar-refractivity contribution in [2.75, 3.05) is 13.6 Å². The van der Waals surface area contributed by atoms with Gasteiger partial charge >= 0.3 is 6.03 Å². The molecule has 1 aliphatic heterocycles. The van der Waals surface area contributed by atoms with Crippen LogP contribution in [0.4, 0.5) is 13.6 Å². The summed E-state index contributed by atoms with van der Waals surface area (Å²) in [6.07, 6.45) is 0. The molecule has 0 spiro atoms. The lowest BCUT2D eigenvalue weighted by Gasteiger charge is -2.19. The highest BCUT2D eigenvalue weighted by atomic mass is 19.1. The molecule has 2 amide bonds. The maximum Gasteiger partial charge on any atom is 0.320 e. The number of carbonyl (C=O) groups excluding carboxylic acids is 1. The molecule has 0 bridgehead atoms. The van der Waals surface area contributed by atoms with Gasteiger partial charge in [0.05, 0.1) is 6.04 Å². The molecule has 1 aromatic carbocycles. The average Bonchev–Trinajstić information content (AvgIpc) is 2.60. The number of likely N-dealkylation sites (N-methyl/N-ethyl adjacent to an activating group) is 1. The van der Waals surface area contributed by atoms with Gasteiger partial charge in [0.25, 0.3) is 0 Å². The van der Waals surface area contributed by atoms with Crippen LogP contribution in [0, 0.1) is 11.6 Å². The molecule has 0 saturated carbocycles. The van der Waals surface area contributed by atoms with Gasteiger partial charge in [-0.25, -0.2) is 13.6 Å². The second-order valence-corrected chi connectivity index (χ2v) is 4.82. The Kier molecular flexibility index (Phi) is 3.24. The standard InChI is InChI=1S/C13H16F2N2O/c1-8(2)17-7-12(16(3)13(17)18)10-6-9(14)4-5-11(10)15/h4-6,8,12H,7H2,1-3H3. The molecule has 5 heteroatoms. The van der Waals surface area contributed by atoms with Crippen LogP contribution in [0.3, 0.4) is 0 Å². The van der Waals surface area contributed by atoms with E-state index < -0.39 is 17.7 Å². The van der Waals surface area contributed by atoms with E-state index in [-0.39, 0.29) is 17.6 Å². The fourth-order valence-electron chi connectivity index (χ4n) is 2.23. The van der Waals surface area contributed by atoms with E-state index in [0.29, 0.717) is 6.54 Å². The minimum atomic E-state index is -0.491. The largest absolute Gasteiger partial charge is 0.320 e. The third kappa shape index (κ3) is 2.05. The van der Waals surface area contributed by atoms with Gasteiger partial charge in [-0.3, -0.25) is 0 Å². The van der Waals surface area contributed by atoms with Crippen molar-refractivity contribution in [1.29, 1.82) is 0 Å². The number of carbonyl (C=O) groups is 1. The Bertz CT molecular complexity index is 476. The maximum absolute atomic E-state index is 13.7. The fraction of sp³-hybridized carbons (Fsp3) is 0.462. The van der Waals surface area contributed by atoms with Gasteiger partial charge in [-0.05, 0) is 32.0 Å². The smallest absolute Gasteiger partial charge is 0.320 e. The van der Waals surface area contributed by atoms with E-state index in [1.165, 1.54) is 4.90 Å². The highest BCUT2D eigenvalue weighted by molar-refractivity contribution is 5.77. The molecule has 2 rings (SSSR count). The molecule has 1 aromatic rings. The summed E-state index contributed by atoms with van der Waals surface area (Å²) in [5.74, 6) is -0.970. The van der Waals surface area contributed by atoms with E-state index in [0.717, 1.165) is 18.2 Å². The molecule has 1 unspecified atom stereocenters. The van der Waals surface area contributed by atoms with Crippen molar-refractivity contribution in [3.8, 4) is 0 Å². The molecule has 0 aromatic heterocycles. The molecule has 98 valence electrons. The lowest BCUT2D eigenvalue weighted by atomic mass is 10.1. The SMILES string of the molecule is CC(C)N1CC(c2cc(F)ccc2F)N(C)C1=O. The molecule has 3 nitrogen and oxygen atoms in total. The minimum absolute atomic E-state index is 0.0431. The van der Waals surface area contributed by atoms with Gasteiger partial charge < -0.3 is 9.80 Å². The third-order valence-electron chi connectivity index (χ3n) is 3.32. The molecule has 1 heterocycles. The van der Waals surface area contributed by atoms with Gasteiger partial charge in [0.1, 0.15) is 11.6 Å². The highest BCUT2D eigenvalue weighted by Gasteiger charge is 2.37. The Morgan fingerprint density at radius 2 is 2.00 bits per heavy atom. The first-order valence-electron chi connectivity index (χ1n) is 5.90. The number of halogens is 2. The Morgan fingerprint density at radius 1 is 1.33 bits per heavy atom. The van der Waals surface area contributed by atoms with Crippen molar-refractivity contribution < 1.29 is 13.6 Å². The summed E-state index contributed by atoms with van der Waals surface area (Å²) >= 11 is 0. The molecule has 1 fully saturated rings. The summed E-state index contributed by atoms with van der Waals surface area (Å²) in [5, 5.41) is 0. The second kappa shape index (κ2) is 4.55. The summed E-state index contributed by atoms with van der Waals surface area (Å²) in [6.45, 7) is 4.18. The number of amides is 2. The van der Waals surface area contributed by atoms with E-state index in [4.69, 9.17) is 0 Å². The normalized spacial score (nSPS) is 20.1. The molecular formula is C13H16F2N2O. The number of rotatable bonds is 2. The van der Waals surface area contributed by atoms with Gasteiger partial charge in [0.15, 0.2) is 0 Å². The molecule has 1 atom stereocenters. The van der Waals surface area contributed by atoms with Crippen LogP contribution in [-0.4, -0.2) is 35.5 Å². The quantitative estimate of drug-likeness (QED) is 0.796. The summed E-state index contributed by atoms with van der Waals surface area (Å²) in [6, 6.07) is 2.79. The van der Waals surface area contributed by atoms with E-state index in [1.807, 2.05) is 13.8 Å². The van der Waals surface area contributed by atoms with Crippen LogP contribution in [0.2, 0.25) is 0 Å². The Balaban J connectivity index is 2.35. The third-order valence-corrected chi connectivity index (χ3v) is 3.32. The lowest BCUT2D eigenvalue weighted by molar-refractivity contribution is 0.187. The van der Waals surface area contributed by atoms with Crippen molar-refractivity contribution >= 4 is 6.03 Å². The Labute approximate surface area is 105 Å². The fourth-order valence-corrected chi connectivity index (χ4v) is 2.23. The summed E-state index contributed by atoms with van der Waals surface area (Å²) in [5.41, 5.74) is 0.231. The van der Waals surface area contributed by atoms with Crippen LogP contribution < -0.4 is 0 Å². The predicted molar refractivity (Wildman–Crippen MR) is 64.1 cm³/mol. The summed E-state index contributed by atoms with van der Waals surface area (Å²) < 4.78 is 26.9. The van der Waals surface area contributed by atoms with E-state index in [2.05, 4.69) is 0 Å². The number of nitrogens with zero attached hydrogens (tertiary/aromatic N) is 2. The van der Waals surface area contributed by atoms with Crippen LogP contribution in [-0.2, 0) is 0 Å². The zero-order chi connectivity index (χ0) is 13.4. The van der Waals surface area contributed by atoms with Crippen LogP contribution in [0.5, 0.6) is 0 Å². The van der Waals surface area contributed by atoms with E-state index >= 15 is 0 Å². The molecular weight excluding hydrogens is 238 g/mol. The summed E-state index contributed by atoms with van der Waals surface area (Å²) in [7, 11) is 1.61. The first-order chi connectivity index (χ1) is 8.41. The van der Waals surface area contributed by atoms with Crippen molar-refractivity contribution in [2.45, 2.75) is 25.9 Å². The topological polar surface area (TPSA) is 23.6 Å². The summed E-state index contributed by atoms with van der Waals surface area (Å²) in [4.78, 5) is 15.1. The number of benzene rings is 1. The van der Waals surface area contributed by atoms with Gasteiger partial charge in [0.2, 0.25) is 0 Å². The molecule has 0 radical (unpaired) electrons. The number of urea groups is 1. The molecule has 1 aliphatic rings. The lowest BCUT2D eigenvalue weighted by Crippen LogP contribution is -2.34. The van der Waals surface area contributed by atoms with Crippen molar-refractivity contribution in [2.24, 2.45) is 0 Å². The minimum Gasteiger partial charge on any atom is -0.320 e. The molecule has 18 heavy (non-hydrogen) atoms. The van der Waals surface area contributed by atoms with Crippen molar-refractivity contribution in [3.63, 3.8) is 0 Å². The Hall–Kier alpha value is -1.65.